The number of anilines is 2. The van der Waals surface area contributed by atoms with E-state index in [1.54, 1.807) is 11.0 Å². The first-order valence-corrected chi connectivity index (χ1v) is 15.5. The Morgan fingerprint density at radius 1 is 1.07 bits per heavy atom. The van der Waals surface area contributed by atoms with Gasteiger partial charge in [0, 0.05) is 74.8 Å². The number of nitrogens with zero attached hydrogens (tertiary/aromatic N) is 6. The minimum Gasteiger partial charge on any atom is -0.378 e. The van der Waals surface area contributed by atoms with Crippen LogP contribution in [0.3, 0.4) is 0 Å². The van der Waals surface area contributed by atoms with E-state index < -0.39 is 31.5 Å². The minimum absolute atomic E-state index is 0.0163. The lowest BCUT2D eigenvalue weighted by molar-refractivity contribution is -0.385. The summed E-state index contributed by atoms with van der Waals surface area (Å²) in [4.78, 5) is 38.1. The molecule has 0 bridgehead atoms. The van der Waals surface area contributed by atoms with E-state index >= 15 is 0 Å². The largest absolute Gasteiger partial charge is 0.378 e. The molecule has 2 fully saturated rings. The maximum absolute atomic E-state index is 13.9. The van der Waals surface area contributed by atoms with Gasteiger partial charge in [-0.15, -0.1) is 0 Å². The van der Waals surface area contributed by atoms with E-state index in [-0.39, 0.29) is 35.3 Å². The van der Waals surface area contributed by atoms with E-state index in [2.05, 4.69) is 10.5 Å². The van der Waals surface area contributed by atoms with Crippen molar-refractivity contribution >= 4 is 44.9 Å². The Kier molecular flexibility index (Phi) is 10.3. The number of carbonyl (C=O) groups is 1. The van der Waals surface area contributed by atoms with Crippen LogP contribution in [0, 0.1) is 26.1 Å². The van der Waals surface area contributed by atoms with Crippen molar-refractivity contribution in [1.29, 1.82) is 0 Å². The number of piperidine rings is 1. The Morgan fingerprint density at radius 2 is 1.72 bits per heavy atom. The Labute approximate surface area is 249 Å². The van der Waals surface area contributed by atoms with Gasteiger partial charge in [0.1, 0.15) is 4.90 Å². The maximum atomic E-state index is 13.9. The topological polar surface area (TPSA) is 181 Å². The number of sulfonamides is 1. The summed E-state index contributed by atoms with van der Waals surface area (Å²) in [6, 6.07) is 7.76. The fourth-order valence-corrected chi connectivity index (χ4v) is 6.93. The van der Waals surface area contributed by atoms with Crippen LogP contribution in [0.5, 0.6) is 0 Å². The highest BCUT2D eigenvalue weighted by Crippen LogP contribution is 2.32. The molecule has 1 amide bonds. The van der Waals surface area contributed by atoms with Gasteiger partial charge in [0.25, 0.3) is 11.4 Å². The Morgan fingerprint density at radius 3 is 2.37 bits per heavy atom. The molecule has 1 N–H and O–H groups in total. The molecule has 0 unspecified atom stereocenters. The number of ether oxygens (including phenoxy) is 1. The van der Waals surface area contributed by atoms with Crippen molar-refractivity contribution in [3.8, 4) is 0 Å². The molecule has 4 rings (SSSR count). The number of carbonyl (C=O) groups excluding carboxylic acids is 1. The third kappa shape index (κ3) is 7.26. The third-order valence-corrected chi connectivity index (χ3v) is 9.47. The molecular weight excluding hydrogens is 582 g/mol. The molecule has 2 aliphatic rings. The highest BCUT2D eigenvalue weighted by molar-refractivity contribution is 7.89. The summed E-state index contributed by atoms with van der Waals surface area (Å²) in [6.07, 6.45) is 2.35. The first kappa shape index (κ1) is 31.8. The van der Waals surface area contributed by atoms with Gasteiger partial charge >= 0.3 is 0 Å². The van der Waals surface area contributed by atoms with Crippen molar-refractivity contribution in [2.24, 2.45) is 11.0 Å². The molecule has 0 saturated carbocycles. The van der Waals surface area contributed by atoms with E-state index in [1.165, 1.54) is 28.7 Å². The summed E-state index contributed by atoms with van der Waals surface area (Å²) < 4.78 is 34.3. The molecule has 2 saturated heterocycles. The number of hydrazone groups is 1. The SMILES string of the molecule is CCN(CC)C(=O)[C@H]1CCCN(S(=O)(=O)c2cc([N+](=O)[O-])ccc2N/N=C\c2cc([N+](=O)[O-])ccc2N2CCOCC2)C1. The predicted molar refractivity (Wildman–Crippen MR) is 160 cm³/mol. The zero-order valence-corrected chi connectivity index (χ0v) is 24.9. The van der Waals surface area contributed by atoms with Crippen molar-refractivity contribution in [1.82, 2.24) is 9.21 Å². The number of nitrogens with one attached hydrogen (secondary N) is 1. The number of hydrogen-bond donors (Lipinski definition) is 1. The third-order valence-electron chi connectivity index (χ3n) is 7.56. The number of nitro groups is 2. The fraction of sp³-hybridized carbons (Fsp3) is 0.481. The van der Waals surface area contributed by atoms with Crippen LogP contribution < -0.4 is 10.3 Å². The smallest absolute Gasteiger partial charge is 0.270 e. The number of non-ortho nitro benzene ring substituents is 2. The number of nitro benzene ring substituents is 2. The quantitative estimate of drug-likeness (QED) is 0.224. The maximum Gasteiger partial charge on any atom is 0.270 e. The molecule has 2 aromatic rings. The molecule has 2 heterocycles. The van der Waals surface area contributed by atoms with Gasteiger partial charge in [0.15, 0.2) is 0 Å². The van der Waals surface area contributed by atoms with Crippen LogP contribution in [0.4, 0.5) is 22.7 Å². The average molecular weight is 618 g/mol. The van der Waals surface area contributed by atoms with Gasteiger partial charge in [0.05, 0.1) is 40.9 Å². The first-order chi connectivity index (χ1) is 20.6. The Balaban J connectivity index is 1.65. The van der Waals surface area contributed by atoms with E-state index in [0.29, 0.717) is 63.5 Å². The van der Waals surface area contributed by atoms with Crippen molar-refractivity contribution < 1.29 is 27.8 Å². The van der Waals surface area contributed by atoms with Crippen LogP contribution in [0.15, 0.2) is 46.4 Å². The van der Waals surface area contributed by atoms with Crippen LogP contribution >= 0.6 is 0 Å². The van der Waals surface area contributed by atoms with Gasteiger partial charge < -0.3 is 14.5 Å². The molecule has 16 heteroatoms. The van der Waals surface area contributed by atoms with Crippen LogP contribution in [0.1, 0.15) is 32.3 Å². The summed E-state index contributed by atoms with van der Waals surface area (Å²) in [7, 11) is -4.28. The van der Waals surface area contributed by atoms with Gasteiger partial charge in [-0.2, -0.15) is 9.41 Å². The van der Waals surface area contributed by atoms with E-state index in [9.17, 15) is 33.4 Å². The summed E-state index contributed by atoms with van der Waals surface area (Å²) in [6.45, 7) is 6.98. The average Bonchev–Trinajstić information content (AvgIpc) is 3.02. The molecule has 2 aliphatic heterocycles. The molecular formula is C27H35N7O8S. The van der Waals surface area contributed by atoms with E-state index in [1.807, 2.05) is 18.7 Å². The van der Waals surface area contributed by atoms with Gasteiger partial charge in [0.2, 0.25) is 15.9 Å². The standard InChI is InChI=1S/C27H35N7O8S/c1-3-30(4-2)27(35)20-6-5-11-32(19-20)43(40,41)26-17-23(34(38)39)7-9-24(26)29-28-18-21-16-22(33(36)37)8-10-25(21)31-12-14-42-15-13-31/h7-10,16-18,20,29H,3-6,11-15,19H2,1-2H3/b28-18-/t20-/m0/s1. The minimum atomic E-state index is -4.28. The van der Waals surface area contributed by atoms with Gasteiger partial charge in [-0.05, 0) is 38.8 Å². The summed E-state index contributed by atoms with van der Waals surface area (Å²) in [5, 5.41) is 27.2. The molecule has 1 atom stereocenters. The molecule has 232 valence electrons. The van der Waals surface area contributed by atoms with E-state index in [4.69, 9.17) is 4.74 Å². The predicted octanol–water partition coefficient (Wildman–Crippen LogP) is 3.05. The second kappa shape index (κ2) is 13.9. The molecule has 15 nitrogen and oxygen atoms in total. The number of amides is 1. The van der Waals surface area contributed by atoms with Crippen molar-refractivity contribution in [3.63, 3.8) is 0 Å². The lowest BCUT2D eigenvalue weighted by Crippen LogP contribution is -2.46. The summed E-state index contributed by atoms with van der Waals surface area (Å²) in [5.41, 5.74) is 3.20. The molecule has 43 heavy (non-hydrogen) atoms. The number of hydrogen-bond acceptors (Lipinski definition) is 11. The lowest BCUT2D eigenvalue weighted by Gasteiger charge is -2.34. The Bertz CT molecular complexity index is 1490. The van der Waals surface area contributed by atoms with Gasteiger partial charge in [-0.1, -0.05) is 0 Å². The number of rotatable bonds is 11. The first-order valence-electron chi connectivity index (χ1n) is 14.0. The highest BCUT2D eigenvalue weighted by Gasteiger charge is 2.36. The zero-order valence-electron chi connectivity index (χ0n) is 24.0. The van der Waals surface area contributed by atoms with E-state index in [0.717, 1.165) is 12.1 Å². The van der Waals surface area contributed by atoms with Crippen LogP contribution in [-0.2, 0) is 19.6 Å². The highest BCUT2D eigenvalue weighted by atomic mass is 32.2. The monoisotopic (exact) mass is 617 g/mol. The summed E-state index contributed by atoms with van der Waals surface area (Å²) >= 11 is 0. The van der Waals surface area contributed by atoms with Crippen LogP contribution in [0.25, 0.3) is 0 Å². The Hall–Kier alpha value is -4.15. The van der Waals surface area contributed by atoms with Gasteiger partial charge in [-0.3, -0.25) is 30.4 Å². The normalized spacial score (nSPS) is 18.0. The van der Waals surface area contributed by atoms with Crippen LogP contribution in [-0.4, -0.2) is 92.1 Å². The van der Waals surface area contributed by atoms with Gasteiger partial charge in [-0.25, -0.2) is 8.42 Å². The lowest BCUT2D eigenvalue weighted by atomic mass is 9.98. The van der Waals surface area contributed by atoms with Crippen molar-refractivity contribution in [3.05, 3.63) is 62.2 Å². The second-order valence-electron chi connectivity index (χ2n) is 10.1. The second-order valence-corrected chi connectivity index (χ2v) is 12.0. The summed E-state index contributed by atoms with van der Waals surface area (Å²) in [5.74, 6) is -0.649. The molecule has 0 radical (unpaired) electrons. The van der Waals surface area contributed by atoms with Crippen LogP contribution in [0.2, 0.25) is 0 Å². The molecule has 2 aromatic carbocycles. The molecule has 0 aromatic heterocycles. The number of morpholine rings is 1. The zero-order chi connectivity index (χ0) is 31.1. The molecule has 0 spiro atoms. The molecule has 0 aliphatic carbocycles. The fourth-order valence-electron chi connectivity index (χ4n) is 5.25. The van der Waals surface area contributed by atoms with Crippen molar-refractivity contribution in [2.75, 3.05) is 62.8 Å². The van der Waals surface area contributed by atoms with Crippen molar-refractivity contribution in [2.45, 2.75) is 31.6 Å². The number of benzene rings is 2.